The Kier molecular flexibility index (Phi) is 3.65. The Morgan fingerprint density at radius 1 is 1.30 bits per heavy atom. The van der Waals surface area contributed by atoms with Gasteiger partial charge in [-0.05, 0) is 33.3 Å². The Morgan fingerprint density at radius 3 is 2.45 bits per heavy atom. The Morgan fingerprint density at radius 2 is 2.00 bits per heavy atom. The van der Waals surface area contributed by atoms with E-state index >= 15 is 0 Å². The zero-order chi connectivity index (χ0) is 14.9. The number of pyridine rings is 1. The highest BCUT2D eigenvalue weighted by atomic mass is 16.5. The lowest BCUT2D eigenvalue weighted by Crippen LogP contribution is -2.35. The number of aryl methyl sites for hydroxylation is 1. The molecule has 0 saturated heterocycles. The molecule has 0 spiro atoms. The molecule has 0 N–H and O–H groups in total. The lowest BCUT2D eigenvalue weighted by molar-refractivity contribution is 0.340. The van der Waals surface area contributed by atoms with Crippen LogP contribution in [0, 0.1) is 6.92 Å². The summed E-state index contributed by atoms with van der Waals surface area (Å²) < 4.78 is 8.18. The molecule has 0 atom stereocenters. The molecule has 0 aliphatic rings. The third-order valence-corrected chi connectivity index (χ3v) is 3.03. The van der Waals surface area contributed by atoms with Crippen LogP contribution in [0.25, 0.3) is 0 Å². The summed E-state index contributed by atoms with van der Waals surface area (Å²) in [5.74, 6) is 1.25. The second kappa shape index (κ2) is 5.11. The summed E-state index contributed by atoms with van der Waals surface area (Å²) in [5, 5.41) is 4.33. The molecular weight excluding hydrogens is 256 g/mol. The van der Waals surface area contributed by atoms with Gasteiger partial charge in [0.05, 0.1) is 19.2 Å². The van der Waals surface area contributed by atoms with Crippen molar-refractivity contribution in [1.82, 2.24) is 19.3 Å². The highest BCUT2D eigenvalue weighted by molar-refractivity contribution is 5.18. The molecule has 0 aliphatic carbocycles. The number of methoxy groups -OCH3 is 1. The summed E-state index contributed by atoms with van der Waals surface area (Å²) in [4.78, 5) is 16.5. The van der Waals surface area contributed by atoms with Gasteiger partial charge in [-0.25, -0.2) is 14.5 Å². The molecule has 2 aromatic rings. The van der Waals surface area contributed by atoms with Crippen molar-refractivity contribution >= 4 is 0 Å². The van der Waals surface area contributed by atoms with Crippen LogP contribution in [0.4, 0.5) is 0 Å². The first-order chi connectivity index (χ1) is 9.32. The van der Waals surface area contributed by atoms with Gasteiger partial charge >= 0.3 is 5.69 Å². The molecule has 2 aromatic heterocycles. The van der Waals surface area contributed by atoms with Crippen LogP contribution in [0.2, 0.25) is 0 Å². The Bertz CT molecular complexity index is 647. The van der Waals surface area contributed by atoms with Gasteiger partial charge in [0.2, 0.25) is 5.88 Å². The number of hydrogen-bond donors (Lipinski definition) is 0. The highest BCUT2D eigenvalue weighted by Crippen LogP contribution is 2.11. The van der Waals surface area contributed by atoms with Crippen molar-refractivity contribution in [2.75, 3.05) is 7.11 Å². The topological polar surface area (TPSA) is 61.9 Å². The predicted molar refractivity (Wildman–Crippen MR) is 76.1 cm³/mol. The molecule has 108 valence electrons. The maximum atomic E-state index is 12.4. The SMILES string of the molecule is COc1ccc(Cn2c(C)nn(C(C)(C)C)c2=O)cn1. The number of rotatable bonds is 3. The quantitative estimate of drug-likeness (QED) is 0.853. The predicted octanol–water partition coefficient (Wildman–Crippen LogP) is 1.56. The third kappa shape index (κ3) is 2.74. The van der Waals surface area contributed by atoms with Gasteiger partial charge in [0.25, 0.3) is 0 Å². The van der Waals surface area contributed by atoms with E-state index in [9.17, 15) is 4.79 Å². The number of aromatic nitrogens is 4. The van der Waals surface area contributed by atoms with E-state index in [1.54, 1.807) is 23.9 Å². The molecule has 0 aromatic carbocycles. The summed E-state index contributed by atoms with van der Waals surface area (Å²) in [6.45, 7) is 8.17. The Balaban J connectivity index is 2.34. The molecule has 6 nitrogen and oxygen atoms in total. The zero-order valence-corrected chi connectivity index (χ0v) is 12.5. The smallest absolute Gasteiger partial charge is 0.346 e. The maximum absolute atomic E-state index is 12.4. The maximum Gasteiger partial charge on any atom is 0.346 e. The van der Waals surface area contributed by atoms with Gasteiger partial charge in [-0.3, -0.25) is 4.57 Å². The van der Waals surface area contributed by atoms with E-state index in [0.717, 1.165) is 5.56 Å². The molecule has 20 heavy (non-hydrogen) atoms. The van der Waals surface area contributed by atoms with E-state index in [-0.39, 0.29) is 11.2 Å². The number of nitrogens with zero attached hydrogens (tertiary/aromatic N) is 4. The Hall–Kier alpha value is -2.11. The first-order valence-corrected chi connectivity index (χ1v) is 6.49. The third-order valence-electron chi connectivity index (χ3n) is 3.03. The normalized spacial score (nSPS) is 11.7. The van der Waals surface area contributed by atoms with Crippen molar-refractivity contribution in [3.05, 3.63) is 40.2 Å². The molecule has 0 bridgehead atoms. The molecule has 0 unspecified atom stereocenters. The number of hydrogen-bond acceptors (Lipinski definition) is 4. The van der Waals surface area contributed by atoms with Crippen LogP contribution < -0.4 is 10.4 Å². The molecular formula is C14H20N4O2. The summed E-state index contributed by atoms with van der Waals surface area (Å²) in [7, 11) is 1.57. The van der Waals surface area contributed by atoms with Crippen molar-refractivity contribution in [2.45, 2.75) is 39.8 Å². The second-order valence-corrected chi connectivity index (χ2v) is 5.71. The average Bonchev–Trinajstić information content (AvgIpc) is 2.67. The van der Waals surface area contributed by atoms with E-state index in [2.05, 4.69) is 10.1 Å². The second-order valence-electron chi connectivity index (χ2n) is 5.71. The standard InChI is InChI=1S/C14H20N4O2/c1-10-16-18(14(2,3)4)13(19)17(10)9-11-6-7-12(20-5)15-8-11/h6-8H,9H2,1-5H3. The van der Waals surface area contributed by atoms with Gasteiger partial charge in [0, 0.05) is 12.3 Å². The molecule has 0 saturated carbocycles. The van der Waals surface area contributed by atoms with Gasteiger partial charge in [-0.15, -0.1) is 0 Å². The fourth-order valence-corrected chi connectivity index (χ4v) is 1.92. The first kappa shape index (κ1) is 14.3. The molecule has 2 heterocycles. The van der Waals surface area contributed by atoms with Crippen molar-refractivity contribution < 1.29 is 4.74 Å². The fraction of sp³-hybridized carbons (Fsp3) is 0.500. The molecule has 0 amide bonds. The summed E-state index contributed by atoms with van der Waals surface area (Å²) in [6.07, 6.45) is 1.71. The lowest BCUT2D eigenvalue weighted by Gasteiger charge is -2.16. The number of ether oxygens (including phenoxy) is 1. The minimum absolute atomic E-state index is 0.106. The molecule has 6 heteroatoms. The summed E-state index contributed by atoms with van der Waals surface area (Å²) >= 11 is 0. The van der Waals surface area contributed by atoms with Gasteiger partial charge in [-0.1, -0.05) is 6.07 Å². The van der Waals surface area contributed by atoms with Crippen LogP contribution in [0.1, 0.15) is 32.2 Å². The van der Waals surface area contributed by atoms with Crippen LogP contribution in [0.15, 0.2) is 23.1 Å². The minimum atomic E-state index is -0.328. The molecule has 2 rings (SSSR count). The van der Waals surface area contributed by atoms with Crippen LogP contribution in [0.5, 0.6) is 5.88 Å². The van der Waals surface area contributed by atoms with Crippen molar-refractivity contribution in [3.8, 4) is 5.88 Å². The summed E-state index contributed by atoms with van der Waals surface area (Å²) in [5.41, 5.74) is 0.501. The van der Waals surface area contributed by atoms with Crippen LogP contribution in [0.3, 0.4) is 0 Å². The molecule has 0 fully saturated rings. The lowest BCUT2D eigenvalue weighted by atomic mass is 10.1. The average molecular weight is 276 g/mol. The Labute approximate surface area is 118 Å². The monoisotopic (exact) mass is 276 g/mol. The van der Waals surface area contributed by atoms with E-state index in [1.165, 1.54) is 4.68 Å². The van der Waals surface area contributed by atoms with Crippen LogP contribution >= 0.6 is 0 Å². The van der Waals surface area contributed by atoms with E-state index in [4.69, 9.17) is 4.74 Å². The molecule has 0 radical (unpaired) electrons. The van der Waals surface area contributed by atoms with Crippen molar-refractivity contribution in [1.29, 1.82) is 0 Å². The van der Waals surface area contributed by atoms with Crippen molar-refractivity contribution in [2.24, 2.45) is 0 Å². The van der Waals surface area contributed by atoms with Gasteiger partial charge in [0.15, 0.2) is 0 Å². The van der Waals surface area contributed by atoms with Crippen molar-refractivity contribution in [3.63, 3.8) is 0 Å². The fourth-order valence-electron chi connectivity index (χ4n) is 1.92. The summed E-state index contributed by atoms with van der Waals surface area (Å²) in [6, 6.07) is 3.68. The molecule has 0 aliphatic heterocycles. The van der Waals surface area contributed by atoms with E-state index < -0.39 is 0 Å². The van der Waals surface area contributed by atoms with Gasteiger partial charge in [0.1, 0.15) is 5.82 Å². The van der Waals surface area contributed by atoms with E-state index in [1.807, 2.05) is 33.8 Å². The van der Waals surface area contributed by atoms with Crippen LogP contribution in [-0.4, -0.2) is 26.4 Å². The largest absolute Gasteiger partial charge is 0.481 e. The first-order valence-electron chi connectivity index (χ1n) is 6.49. The van der Waals surface area contributed by atoms with Crippen LogP contribution in [-0.2, 0) is 12.1 Å². The van der Waals surface area contributed by atoms with Gasteiger partial charge < -0.3 is 4.74 Å². The highest BCUT2D eigenvalue weighted by Gasteiger charge is 2.20. The van der Waals surface area contributed by atoms with Gasteiger partial charge in [-0.2, -0.15) is 5.10 Å². The minimum Gasteiger partial charge on any atom is -0.481 e. The van der Waals surface area contributed by atoms with E-state index in [0.29, 0.717) is 18.2 Å². The zero-order valence-electron chi connectivity index (χ0n) is 12.5.